The minimum atomic E-state index is -0.425. The minimum absolute atomic E-state index is 0.425. The van der Waals surface area contributed by atoms with Gasteiger partial charge >= 0.3 is 0 Å². The molecule has 80 valence electrons. The molecule has 1 heterocycles. The Labute approximate surface area is 88.0 Å². The van der Waals surface area contributed by atoms with E-state index in [1.807, 2.05) is 12.1 Å². The van der Waals surface area contributed by atoms with E-state index in [0.717, 1.165) is 11.3 Å². The van der Waals surface area contributed by atoms with E-state index in [0.29, 0.717) is 5.75 Å². The molecule has 0 unspecified atom stereocenters. The zero-order chi connectivity index (χ0) is 10.7. The average Bonchev–Trinajstić information content (AvgIpc) is 2.81. The Hall–Kier alpha value is -1.84. The normalized spacial score (nSPS) is 14.5. The van der Waals surface area contributed by atoms with Crippen molar-refractivity contribution in [2.45, 2.75) is 6.29 Å². The number of methoxy groups -OCH3 is 2. The largest absolute Gasteiger partial charge is 0.497 e. The highest BCUT2D eigenvalue weighted by Crippen LogP contribution is 2.33. The van der Waals surface area contributed by atoms with Gasteiger partial charge in [-0.1, -0.05) is 0 Å². The standard InChI is InChI=1S/C11H12O4/c1-12-8-3-4-9(10(7-8)13-2)11-14-5-6-15-11/h3-7,11H,1-2H3. The average molecular weight is 208 g/mol. The maximum Gasteiger partial charge on any atom is 0.269 e. The number of hydrogen-bond donors (Lipinski definition) is 0. The number of rotatable bonds is 3. The monoisotopic (exact) mass is 208 g/mol. The molecule has 0 amide bonds. The summed E-state index contributed by atoms with van der Waals surface area (Å²) in [6.07, 6.45) is 2.59. The van der Waals surface area contributed by atoms with Gasteiger partial charge in [0.15, 0.2) is 0 Å². The molecule has 4 nitrogen and oxygen atoms in total. The van der Waals surface area contributed by atoms with Crippen LogP contribution in [0.4, 0.5) is 0 Å². The van der Waals surface area contributed by atoms with Crippen molar-refractivity contribution < 1.29 is 18.9 Å². The number of hydrogen-bond acceptors (Lipinski definition) is 4. The van der Waals surface area contributed by atoms with Crippen LogP contribution in [-0.2, 0) is 9.47 Å². The molecule has 0 atom stereocenters. The third kappa shape index (κ3) is 1.83. The third-order valence-corrected chi connectivity index (χ3v) is 2.15. The summed E-state index contributed by atoms with van der Waals surface area (Å²) in [7, 11) is 3.21. The molecule has 15 heavy (non-hydrogen) atoms. The van der Waals surface area contributed by atoms with E-state index >= 15 is 0 Å². The van der Waals surface area contributed by atoms with Gasteiger partial charge in [0.2, 0.25) is 0 Å². The van der Waals surface area contributed by atoms with E-state index in [9.17, 15) is 0 Å². The molecule has 0 saturated carbocycles. The van der Waals surface area contributed by atoms with E-state index in [1.54, 1.807) is 20.3 Å². The first kappa shape index (κ1) is 9.71. The van der Waals surface area contributed by atoms with Crippen LogP contribution in [0.1, 0.15) is 11.9 Å². The molecule has 0 aromatic heterocycles. The summed E-state index contributed by atoms with van der Waals surface area (Å²) in [5.41, 5.74) is 0.836. The van der Waals surface area contributed by atoms with E-state index in [4.69, 9.17) is 18.9 Å². The fourth-order valence-corrected chi connectivity index (χ4v) is 1.40. The van der Waals surface area contributed by atoms with Gasteiger partial charge in [-0.15, -0.1) is 0 Å². The van der Waals surface area contributed by atoms with Gasteiger partial charge in [-0.2, -0.15) is 0 Å². The Morgan fingerprint density at radius 3 is 2.40 bits per heavy atom. The summed E-state index contributed by atoms with van der Waals surface area (Å²) in [6.45, 7) is 0. The molecule has 1 aliphatic heterocycles. The first-order valence-corrected chi connectivity index (χ1v) is 4.53. The Balaban J connectivity index is 2.29. The fourth-order valence-electron chi connectivity index (χ4n) is 1.40. The van der Waals surface area contributed by atoms with Crippen molar-refractivity contribution in [2.75, 3.05) is 14.2 Å². The summed E-state index contributed by atoms with van der Waals surface area (Å²) >= 11 is 0. The summed E-state index contributed by atoms with van der Waals surface area (Å²) in [4.78, 5) is 0. The second kappa shape index (κ2) is 4.13. The van der Waals surface area contributed by atoms with Crippen LogP contribution >= 0.6 is 0 Å². The number of ether oxygens (including phenoxy) is 4. The molecule has 0 saturated heterocycles. The first-order chi connectivity index (χ1) is 7.35. The SMILES string of the molecule is COc1ccc(C2OC=CO2)c(OC)c1. The number of benzene rings is 1. The quantitative estimate of drug-likeness (QED) is 0.763. The maximum absolute atomic E-state index is 5.23. The molecule has 0 fully saturated rings. The Morgan fingerprint density at radius 2 is 1.80 bits per heavy atom. The Bertz CT molecular complexity index is 365. The van der Waals surface area contributed by atoms with Crippen molar-refractivity contribution in [3.05, 3.63) is 36.3 Å². The van der Waals surface area contributed by atoms with Gasteiger partial charge in [0, 0.05) is 6.07 Å². The Morgan fingerprint density at radius 1 is 1.07 bits per heavy atom. The molecule has 0 N–H and O–H groups in total. The van der Waals surface area contributed by atoms with Crippen LogP contribution < -0.4 is 9.47 Å². The van der Waals surface area contributed by atoms with E-state index < -0.39 is 6.29 Å². The summed E-state index contributed by atoms with van der Waals surface area (Å²) in [6, 6.07) is 5.48. The smallest absolute Gasteiger partial charge is 0.269 e. The molecule has 1 aromatic carbocycles. The van der Waals surface area contributed by atoms with Crippen molar-refractivity contribution in [2.24, 2.45) is 0 Å². The Kier molecular flexibility index (Phi) is 2.67. The highest BCUT2D eigenvalue weighted by Gasteiger charge is 2.20. The minimum Gasteiger partial charge on any atom is -0.497 e. The lowest BCUT2D eigenvalue weighted by Crippen LogP contribution is -2.01. The lowest BCUT2D eigenvalue weighted by molar-refractivity contribution is -0.0261. The molecule has 0 aliphatic carbocycles. The molecule has 0 radical (unpaired) electrons. The molecule has 1 aliphatic rings. The van der Waals surface area contributed by atoms with Crippen molar-refractivity contribution in [1.29, 1.82) is 0 Å². The molecule has 2 rings (SSSR count). The van der Waals surface area contributed by atoms with Crippen molar-refractivity contribution in [3.63, 3.8) is 0 Å². The van der Waals surface area contributed by atoms with E-state index in [-0.39, 0.29) is 0 Å². The fraction of sp³-hybridized carbons (Fsp3) is 0.273. The third-order valence-electron chi connectivity index (χ3n) is 2.15. The van der Waals surface area contributed by atoms with E-state index in [2.05, 4.69) is 0 Å². The highest BCUT2D eigenvalue weighted by molar-refractivity contribution is 5.41. The highest BCUT2D eigenvalue weighted by atomic mass is 16.7. The second-order valence-corrected chi connectivity index (χ2v) is 2.98. The predicted molar refractivity (Wildman–Crippen MR) is 53.6 cm³/mol. The van der Waals surface area contributed by atoms with Crippen LogP contribution in [0.25, 0.3) is 0 Å². The van der Waals surface area contributed by atoms with Gasteiger partial charge < -0.3 is 18.9 Å². The summed E-state index contributed by atoms with van der Waals surface area (Å²) < 4.78 is 20.8. The molecule has 0 bridgehead atoms. The topological polar surface area (TPSA) is 36.9 Å². The zero-order valence-corrected chi connectivity index (χ0v) is 8.60. The first-order valence-electron chi connectivity index (χ1n) is 4.53. The van der Waals surface area contributed by atoms with Crippen molar-refractivity contribution >= 4 is 0 Å². The lowest BCUT2D eigenvalue weighted by atomic mass is 10.2. The van der Waals surface area contributed by atoms with Crippen LogP contribution in [0.15, 0.2) is 30.7 Å². The van der Waals surface area contributed by atoms with Gasteiger partial charge in [-0.25, -0.2) is 0 Å². The molecule has 0 spiro atoms. The zero-order valence-electron chi connectivity index (χ0n) is 8.60. The van der Waals surface area contributed by atoms with Gasteiger partial charge in [0.05, 0.1) is 19.8 Å². The predicted octanol–water partition coefficient (Wildman–Crippen LogP) is 2.22. The van der Waals surface area contributed by atoms with Crippen LogP contribution in [0.3, 0.4) is 0 Å². The summed E-state index contributed by atoms with van der Waals surface area (Å²) in [5, 5.41) is 0. The molecule has 4 heteroatoms. The maximum atomic E-state index is 5.23. The van der Waals surface area contributed by atoms with Crippen molar-refractivity contribution in [1.82, 2.24) is 0 Å². The van der Waals surface area contributed by atoms with Gasteiger partial charge in [0.1, 0.15) is 24.0 Å². The molecular formula is C11H12O4. The van der Waals surface area contributed by atoms with Crippen LogP contribution in [-0.4, -0.2) is 14.2 Å². The summed E-state index contributed by atoms with van der Waals surface area (Å²) in [5.74, 6) is 1.42. The van der Waals surface area contributed by atoms with Crippen LogP contribution in [0.2, 0.25) is 0 Å². The van der Waals surface area contributed by atoms with Crippen LogP contribution in [0.5, 0.6) is 11.5 Å². The van der Waals surface area contributed by atoms with Gasteiger partial charge in [-0.05, 0) is 12.1 Å². The molecule has 1 aromatic rings. The van der Waals surface area contributed by atoms with Crippen molar-refractivity contribution in [3.8, 4) is 11.5 Å². The second-order valence-electron chi connectivity index (χ2n) is 2.98. The molecular weight excluding hydrogens is 196 g/mol. The van der Waals surface area contributed by atoms with Crippen LogP contribution in [0, 0.1) is 0 Å². The van der Waals surface area contributed by atoms with E-state index in [1.165, 1.54) is 12.5 Å². The van der Waals surface area contributed by atoms with Gasteiger partial charge in [-0.3, -0.25) is 0 Å². The lowest BCUT2D eigenvalue weighted by Gasteiger charge is -2.14. The van der Waals surface area contributed by atoms with Gasteiger partial charge in [0.25, 0.3) is 6.29 Å².